The van der Waals surface area contributed by atoms with Gasteiger partial charge in [-0.2, -0.15) is 0 Å². The number of hydrogen-bond donors (Lipinski definition) is 0. The third kappa shape index (κ3) is 6.08. The Labute approximate surface area is 122 Å². The van der Waals surface area contributed by atoms with E-state index in [4.69, 9.17) is 0 Å². The fourth-order valence-corrected chi connectivity index (χ4v) is 2.39. The molecule has 0 saturated heterocycles. The largest absolute Gasteiger partial charge is 0.0776 e. The molecule has 1 saturated carbocycles. The van der Waals surface area contributed by atoms with Crippen LogP contribution in [0.2, 0.25) is 0 Å². The predicted octanol–water partition coefficient (Wildman–Crippen LogP) is 6.61. The van der Waals surface area contributed by atoms with Crippen LogP contribution in [0.5, 0.6) is 0 Å². The van der Waals surface area contributed by atoms with Crippen molar-refractivity contribution in [2.45, 2.75) is 55.9 Å². The van der Waals surface area contributed by atoms with Gasteiger partial charge in [0.2, 0.25) is 0 Å². The van der Waals surface area contributed by atoms with Gasteiger partial charge in [-0.1, -0.05) is 55.9 Å². The minimum Gasteiger partial charge on any atom is -0.0776 e. The summed E-state index contributed by atoms with van der Waals surface area (Å²) >= 11 is 4.24. The van der Waals surface area contributed by atoms with Gasteiger partial charge in [0.1, 0.15) is 0 Å². The molecule has 0 unspecified atom stereocenters. The van der Waals surface area contributed by atoms with Crippen molar-refractivity contribution in [1.29, 1.82) is 0 Å². The quantitative estimate of drug-likeness (QED) is 0.372. The zero-order valence-electron chi connectivity index (χ0n) is 10.6. The van der Waals surface area contributed by atoms with Crippen molar-refractivity contribution < 1.29 is 0 Å². The third-order valence-electron chi connectivity index (χ3n) is 4.15. The van der Waals surface area contributed by atoms with Crippen molar-refractivity contribution in [2.24, 2.45) is 29.6 Å². The molecule has 0 aromatic heterocycles. The van der Waals surface area contributed by atoms with Crippen molar-refractivity contribution in [3.05, 3.63) is 0 Å². The molecule has 1 aliphatic rings. The maximum absolute atomic E-state index is 2.40. The smallest absolute Gasteiger partial charge is 0 e. The van der Waals surface area contributed by atoms with Crippen LogP contribution in [0.3, 0.4) is 0 Å². The fraction of sp³-hybridized carbons (Fsp3) is 1.00. The highest BCUT2D eigenvalue weighted by atomic mass is 128. The summed E-state index contributed by atoms with van der Waals surface area (Å²) < 4.78 is 0. The molecular weight excluding hydrogens is 410 g/mol. The van der Waals surface area contributed by atoms with Crippen LogP contribution in [-0.2, 0) is 0 Å². The van der Waals surface area contributed by atoms with Crippen LogP contribution in [0.25, 0.3) is 0 Å². The Morgan fingerprint density at radius 2 is 0.600 bits per heavy atom. The van der Waals surface area contributed by atoms with E-state index in [9.17, 15) is 0 Å². The van der Waals surface area contributed by atoms with E-state index in [1.54, 1.807) is 0 Å². The molecule has 0 amide bonds. The first-order chi connectivity index (χ1) is 6.55. The molecule has 1 aliphatic carbocycles. The van der Waals surface area contributed by atoms with Crippen molar-refractivity contribution in [1.82, 2.24) is 0 Å². The lowest BCUT2D eigenvalue weighted by Crippen LogP contribution is -2.07. The highest BCUT2D eigenvalue weighted by Crippen LogP contribution is 2.44. The molecule has 0 nitrogen and oxygen atoms in total. The Bertz CT molecular complexity index is 80.9. The van der Waals surface area contributed by atoms with Crippen LogP contribution in [0, 0.1) is 29.6 Å². The minimum atomic E-state index is 0. The van der Waals surface area contributed by atoms with E-state index in [1.165, 1.54) is 0 Å². The van der Waals surface area contributed by atoms with Crippen molar-refractivity contribution in [2.75, 3.05) is 0 Å². The van der Waals surface area contributed by atoms with Gasteiger partial charge >= 0.3 is 0 Å². The molecule has 0 bridgehead atoms. The fourth-order valence-electron chi connectivity index (χ4n) is 2.39. The standard InChI is InChI=1S/C10H20.C2H6.CH4.I2/c1-6-7(2)9(4)10(5)8(6)3;1-2;;1-2/h6-10H,1-5H3;1-2H3;1H4;. The van der Waals surface area contributed by atoms with E-state index in [0.717, 1.165) is 29.6 Å². The second-order valence-corrected chi connectivity index (χ2v) is 4.30. The van der Waals surface area contributed by atoms with E-state index >= 15 is 0 Å². The lowest BCUT2D eigenvalue weighted by Gasteiger charge is -2.14. The molecular formula is C13H30I2. The maximum Gasteiger partial charge on any atom is 0 e. The number of hydrogen-bond acceptors (Lipinski definition) is 0. The zero-order chi connectivity index (χ0) is 11.9. The van der Waals surface area contributed by atoms with Gasteiger partial charge in [0.15, 0.2) is 0 Å². The summed E-state index contributed by atoms with van der Waals surface area (Å²) in [5.74, 6) is 4.68. The Kier molecular flexibility index (Phi) is 17.3. The molecule has 0 heterocycles. The van der Waals surface area contributed by atoms with Crippen LogP contribution in [0.1, 0.15) is 55.9 Å². The first-order valence-corrected chi connectivity index (χ1v) is 12.0. The van der Waals surface area contributed by atoms with E-state index < -0.39 is 0 Å². The lowest BCUT2D eigenvalue weighted by atomic mass is 9.92. The van der Waals surface area contributed by atoms with Gasteiger partial charge < -0.3 is 0 Å². The summed E-state index contributed by atoms with van der Waals surface area (Å²) in [4.78, 5) is 0. The normalized spacial score (nSPS) is 37.8. The van der Waals surface area contributed by atoms with E-state index in [0.29, 0.717) is 0 Å². The van der Waals surface area contributed by atoms with Crippen molar-refractivity contribution in [3.63, 3.8) is 0 Å². The molecule has 96 valence electrons. The Morgan fingerprint density at radius 1 is 0.533 bits per heavy atom. The summed E-state index contributed by atoms with van der Waals surface area (Å²) in [5, 5.41) is 0. The average Bonchev–Trinajstić information content (AvgIpc) is 2.42. The Hall–Kier alpha value is 1.46. The lowest BCUT2D eigenvalue weighted by molar-refractivity contribution is 0.352. The van der Waals surface area contributed by atoms with Crippen LogP contribution in [0.15, 0.2) is 0 Å². The van der Waals surface area contributed by atoms with Gasteiger partial charge in [-0.15, -0.1) is 0 Å². The van der Waals surface area contributed by atoms with Gasteiger partial charge in [-0.3, -0.25) is 0 Å². The second-order valence-electron chi connectivity index (χ2n) is 4.30. The summed E-state index contributed by atoms with van der Waals surface area (Å²) in [6, 6.07) is 0. The Balaban J connectivity index is -0.000000258. The van der Waals surface area contributed by atoms with Gasteiger partial charge in [0, 0.05) is 37.2 Å². The molecule has 0 radical (unpaired) electrons. The SMILES string of the molecule is C.CC.CC1C(C)C(C)C(C)C1C.II. The summed E-state index contributed by atoms with van der Waals surface area (Å²) in [6.45, 7) is 16.0. The number of halogens is 2. The molecule has 0 aliphatic heterocycles. The maximum atomic E-state index is 2.40. The topological polar surface area (TPSA) is 0 Å². The molecule has 0 atom stereocenters. The van der Waals surface area contributed by atoms with Crippen molar-refractivity contribution in [3.8, 4) is 0 Å². The van der Waals surface area contributed by atoms with Crippen LogP contribution < -0.4 is 0 Å². The highest BCUT2D eigenvalue weighted by molar-refractivity contribution is 15.0. The molecule has 2 heteroatoms. The summed E-state index contributed by atoms with van der Waals surface area (Å²) in [6.07, 6.45) is 0. The third-order valence-corrected chi connectivity index (χ3v) is 4.15. The molecule has 1 rings (SSSR count). The molecule has 0 spiro atoms. The first-order valence-electron chi connectivity index (χ1n) is 5.70. The summed E-state index contributed by atoms with van der Waals surface area (Å²) in [7, 11) is 0. The number of rotatable bonds is 0. The molecule has 0 N–H and O–H groups in total. The van der Waals surface area contributed by atoms with E-state index in [1.807, 2.05) is 13.8 Å². The van der Waals surface area contributed by atoms with Crippen LogP contribution >= 0.6 is 37.2 Å². The zero-order valence-corrected chi connectivity index (χ0v) is 15.0. The second kappa shape index (κ2) is 11.9. The van der Waals surface area contributed by atoms with Gasteiger partial charge in [-0.25, -0.2) is 0 Å². The van der Waals surface area contributed by atoms with E-state index in [2.05, 4.69) is 71.9 Å². The molecule has 0 aromatic rings. The first kappa shape index (κ1) is 21.7. The van der Waals surface area contributed by atoms with Gasteiger partial charge in [0.05, 0.1) is 0 Å². The minimum absolute atomic E-state index is 0. The molecule has 15 heavy (non-hydrogen) atoms. The molecule has 1 fully saturated rings. The predicted molar refractivity (Wildman–Crippen MR) is 91.9 cm³/mol. The van der Waals surface area contributed by atoms with E-state index in [-0.39, 0.29) is 7.43 Å². The van der Waals surface area contributed by atoms with Crippen molar-refractivity contribution >= 4 is 37.2 Å². The Morgan fingerprint density at radius 3 is 0.667 bits per heavy atom. The summed E-state index contributed by atoms with van der Waals surface area (Å²) in [5.41, 5.74) is 0. The van der Waals surface area contributed by atoms with Gasteiger partial charge in [0.25, 0.3) is 0 Å². The molecule has 0 aromatic carbocycles. The highest BCUT2D eigenvalue weighted by Gasteiger charge is 2.38. The monoisotopic (exact) mass is 440 g/mol. The van der Waals surface area contributed by atoms with Gasteiger partial charge in [-0.05, 0) is 29.6 Å². The average molecular weight is 440 g/mol. The van der Waals surface area contributed by atoms with Crippen LogP contribution in [0.4, 0.5) is 0 Å². The van der Waals surface area contributed by atoms with Crippen LogP contribution in [-0.4, -0.2) is 0 Å².